The average molecular weight is 339 g/mol. The van der Waals surface area contributed by atoms with E-state index in [2.05, 4.69) is 21.0 Å². The maximum absolute atomic E-state index is 11.1. The number of carboxylic acid groups (broad SMARTS) is 1. The van der Waals surface area contributed by atoms with E-state index in [0.717, 1.165) is 21.2 Å². The van der Waals surface area contributed by atoms with Crippen LogP contribution >= 0.6 is 15.9 Å². The summed E-state index contributed by atoms with van der Waals surface area (Å²) >= 11 is 3.48. The molecule has 0 saturated carbocycles. The molecule has 5 nitrogen and oxygen atoms in total. The molecule has 0 amide bonds. The van der Waals surface area contributed by atoms with Crippen LogP contribution in [0.5, 0.6) is 5.75 Å². The molecule has 0 unspecified atom stereocenters. The maximum atomic E-state index is 11.1. The number of methoxy groups -OCH3 is 1. The van der Waals surface area contributed by atoms with Gasteiger partial charge in [0.1, 0.15) is 5.75 Å². The van der Waals surface area contributed by atoms with E-state index in [1.54, 1.807) is 24.9 Å². The second-order valence-electron chi connectivity index (χ2n) is 4.55. The highest BCUT2D eigenvalue weighted by atomic mass is 79.9. The molecule has 0 aliphatic carbocycles. The van der Waals surface area contributed by atoms with Crippen LogP contribution < -0.4 is 4.74 Å². The number of aromatic nitrogens is 2. The number of aromatic carboxylic acids is 1. The Morgan fingerprint density at radius 1 is 1.40 bits per heavy atom. The minimum atomic E-state index is -1.05. The Labute approximate surface area is 125 Å². The molecule has 1 heterocycles. The number of carbonyl (C=O) groups is 1. The Bertz CT molecular complexity index is 692. The van der Waals surface area contributed by atoms with Gasteiger partial charge in [0, 0.05) is 12.6 Å². The molecule has 0 aliphatic rings. The Kier molecular flexibility index (Phi) is 3.85. The van der Waals surface area contributed by atoms with Gasteiger partial charge < -0.3 is 9.84 Å². The minimum Gasteiger partial charge on any atom is -0.495 e. The summed E-state index contributed by atoms with van der Waals surface area (Å²) in [6, 6.07) is 3.53. The molecule has 106 valence electrons. The third-order valence-corrected chi connectivity index (χ3v) is 3.90. The third kappa shape index (κ3) is 2.31. The molecule has 0 aliphatic heterocycles. The number of hydrogen-bond acceptors (Lipinski definition) is 3. The second kappa shape index (κ2) is 5.28. The summed E-state index contributed by atoms with van der Waals surface area (Å²) in [7, 11) is 3.31. The second-order valence-corrected chi connectivity index (χ2v) is 5.41. The fourth-order valence-corrected chi connectivity index (χ4v) is 2.87. The summed E-state index contributed by atoms with van der Waals surface area (Å²) < 4.78 is 7.84. The zero-order chi connectivity index (χ0) is 15.0. The van der Waals surface area contributed by atoms with Gasteiger partial charge in [0.15, 0.2) is 5.69 Å². The van der Waals surface area contributed by atoms with Gasteiger partial charge in [-0.15, -0.1) is 0 Å². The predicted octanol–water partition coefficient (Wildman–Crippen LogP) is 3.17. The van der Waals surface area contributed by atoms with E-state index in [1.807, 2.05) is 19.9 Å². The molecule has 0 radical (unpaired) electrons. The van der Waals surface area contributed by atoms with Gasteiger partial charge in [-0.2, -0.15) is 5.10 Å². The van der Waals surface area contributed by atoms with E-state index in [9.17, 15) is 4.79 Å². The summed E-state index contributed by atoms with van der Waals surface area (Å²) in [5.74, 6) is -0.372. The van der Waals surface area contributed by atoms with Crippen molar-refractivity contribution in [1.29, 1.82) is 0 Å². The minimum absolute atomic E-state index is 0.0154. The summed E-state index contributed by atoms with van der Waals surface area (Å²) in [6.07, 6.45) is 0. The van der Waals surface area contributed by atoms with Crippen LogP contribution in [0.15, 0.2) is 16.6 Å². The lowest BCUT2D eigenvalue weighted by atomic mass is 9.99. The van der Waals surface area contributed by atoms with Crippen molar-refractivity contribution >= 4 is 21.9 Å². The molecule has 0 atom stereocenters. The van der Waals surface area contributed by atoms with E-state index in [0.29, 0.717) is 11.4 Å². The Morgan fingerprint density at radius 3 is 2.55 bits per heavy atom. The molecule has 0 bridgehead atoms. The van der Waals surface area contributed by atoms with Gasteiger partial charge in [-0.3, -0.25) is 4.68 Å². The number of halogens is 1. The topological polar surface area (TPSA) is 64.3 Å². The van der Waals surface area contributed by atoms with Gasteiger partial charge in [0.2, 0.25) is 0 Å². The van der Waals surface area contributed by atoms with Crippen molar-refractivity contribution in [1.82, 2.24) is 9.78 Å². The van der Waals surface area contributed by atoms with E-state index in [-0.39, 0.29) is 5.69 Å². The van der Waals surface area contributed by atoms with Crippen LogP contribution in [0.3, 0.4) is 0 Å². The molecular formula is C14H15BrN2O3. The van der Waals surface area contributed by atoms with Crippen LogP contribution in [0.25, 0.3) is 11.3 Å². The molecule has 0 fully saturated rings. The van der Waals surface area contributed by atoms with E-state index < -0.39 is 5.97 Å². The van der Waals surface area contributed by atoms with Crippen LogP contribution in [-0.4, -0.2) is 28.0 Å². The van der Waals surface area contributed by atoms with Crippen LogP contribution in [0, 0.1) is 13.8 Å². The van der Waals surface area contributed by atoms with Crippen molar-refractivity contribution in [3.05, 3.63) is 33.4 Å². The summed E-state index contributed by atoms with van der Waals surface area (Å²) in [6.45, 7) is 3.98. The molecule has 20 heavy (non-hydrogen) atoms. The van der Waals surface area contributed by atoms with Gasteiger partial charge in [-0.05, 0) is 53.0 Å². The Morgan fingerprint density at radius 2 is 2.05 bits per heavy atom. The van der Waals surface area contributed by atoms with Gasteiger partial charge in [-0.1, -0.05) is 0 Å². The molecule has 2 aromatic rings. The fourth-order valence-electron chi connectivity index (χ4n) is 2.16. The highest BCUT2D eigenvalue weighted by Crippen LogP contribution is 2.40. The standard InChI is InChI=1S/C14H15BrN2O3/c1-7-5-9(15)13(20-4)12(8(7)2)11-6-10(14(18)19)16-17(11)3/h5-6H,1-4H3,(H,18,19). The largest absolute Gasteiger partial charge is 0.495 e. The van der Waals surface area contributed by atoms with Crippen molar-refractivity contribution in [2.75, 3.05) is 7.11 Å². The molecule has 2 rings (SSSR count). The van der Waals surface area contributed by atoms with Crippen LogP contribution in [0.1, 0.15) is 21.6 Å². The Balaban J connectivity index is 2.78. The molecule has 1 aromatic carbocycles. The first kappa shape index (κ1) is 14.6. The highest BCUT2D eigenvalue weighted by molar-refractivity contribution is 9.10. The molecule has 0 spiro atoms. The lowest BCUT2D eigenvalue weighted by Crippen LogP contribution is -2.01. The van der Waals surface area contributed by atoms with Crippen molar-refractivity contribution in [3.8, 4) is 17.0 Å². The van der Waals surface area contributed by atoms with Crippen molar-refractivity contribution in [3.63, 3.8) is 0 Å². The first-order chi connectivity index (χ1) is 9.36. The first-order valence-corrected chi connectivity index (χ1v) is 6.77. The van der Waals surface area contributed by atoms with Gasteiger partial charge in [0.05, 0.1) is 17.3 Å². The number of ether oxygens (including phenoxy) is 1. The number of carboxylic acids is 1. The average Bonchev–Trinajstić information content (AvgIpc) is 2.75. The number of rotatable bonds is 3. The van der Waals surface area contributed by atoms with Gasteiger partial charge in [-0.25, -0.2) is 4.79 Å². The van der Waals surface area contributed by atoms with E-state index in [4.69, 9.17) is 9.84 Å². The normalized spacial score (nSPS) is 10.7. The highest BCUT2D eigenvalue weighted by Gasteiger charge is 2.20. The van der Waals surface area contributed by atoms with Crippen LogP contribution in [-0.2, 0) is 7.05 Å². The summed E-state index contributed by atoms with van der Waals surface area (Å²) in [5, 5.41) is 13.1. The Hall–Kier alpha value is -1.82. The quantitative estimate of drug-likeness (QED) is 0.933. The van der Waals surface area contributed by atoms with E-state index in [1.165, 1.54) is 0 Å². The smallest absolute Gasteiger partial charge is 0.356 e. The van der Waals surface area contributed by atoms with Crippen LogP contribution in [0.4, 0.5) is 0 Å². The first-order valence-electron chi connectivity index (χ1n) is 5.98. The van der Waals surface area contributed by atoms with E-state index >= 15 is 0 Å². The molecule has 0 saturated heterocycles. The third-order valence-electron chi connectivity index (χ3n) is 3.31. The molecular weight excluding hydrogens is 324 g/mol. The number of hydrogen-bond donors (Lipinski definition) is 1. The van der Waals surface area contributed by atoms with Crippen molar-refractivity contribution in [2.45, 2.75) is 13.8 Å². The van der Waals surface area contributed by atoms with Gasteiger partial charge >= 0.3 is 5.97 Å². The van der Waals surface area contributed by atoms with Gasteiger partial charge in [0.25, 0.3) is 0 Å². The monoisotopic (exact) mass is 338 g/mol. The lowest BCUT2D eigenvalue weighted by Gasteiger charge is -2.15. The van der Waals surface area contributed by atoms with Crippen LogP contribution in [0.2, 0.25) is 0 Å². The molecule has 6 heteroatoms. The zero-order valence-corrected chi connectivity index (χ0v) is 13.3. The SMILES string of the molecule is COc1c(Br)cc(C)c(C)c1-c1cc(C(=O)O)nn1C. The zero-order valence-electron chi connectivity index (χ0n) is 11.7. The molecule has 1 N–H and O–H groups in total. The maximum Gasteiger partial charge on any atom is 0.356 e. The number of nitrogens with zero attached hydrogens (tertiary/aromatic N) is 2. The van der Waals surface area contributed by atoms with Crippen molar-refractivity contribution in [2.24, 2.45) is 7.05 Å². The predicted molar refractivity (Wildman–Crippen MR) is 79.3 cm³/mol. The summed E-state index contributed by atoms with van der Waals surface area (Å²) in [4.78, 5) is 11.1. The molecule has 1 aromatic heterocycles. The van der Waals surface area contributed by atoms with Crippen molar-refractivity contribution < 1.29 is 14.6 Å². The summed E-state index contributed by atoms with van der Waals surface area (Å²) in [5.41, 5.74) is 3.69. The number of aryl methyl sites for hydroxylation is 2. The lowest BCUT2D eigenvalue weighted by molar-refractivity contribution is 0.0689. The number of benzene rings is 1. The fraction of sp³-hybridized carbons (Fsp3) is 0.286.